The Labute approximate surface area is 210 Å². The zero-order chi connectivity index (χ0) is 24.5. The Bertz CT molecular complexity index is 1460. The van der Waals surface area contributed by atoms with E-state index in [9.17, 15) is 12.8 Å². The van der Waals surface area contributed by atoms with Crippen LogP contribution in [0, 0.1) is 12.7 Å². The number of aryl methyl sites for hydroxylation is 1. The SMILES string of the molecule is Cc1ccc(F)cc1S(=O)(=O)N(C)CCCNc1cc(-c2ccccc2Cl)nc2c(Br)cnn12. The molecule has 2 heterocycles. The Balaban J connectivity index is 1.50. The standard InChI is InChI=1S/C23H22BrClFN5O2S/c1-15-8-9-16(26)12-21(15)34(32,33)30(2)11-5-10-27-22-13-20(17-6-3-4-7-19(17)25)29-23-18(24)14-28-31(22)23/h3-4,6-9,12-14,27H,5,10-11H2,1-2H3. The molecule has 7 nitrogen and oxygen atoms in total. The number of nitrogens with one attached hydrogen (secondary N) is 1. The summed E-state index contributed by atoms with van der Waals surface area (Å²) >= 11 is 9.85. The average molecular weight is 567 g/mol. The minimum atomic E-state index is -3.80. The second kappa shape index (κ2) is 9.99. The fraction of sp³-hybridized carbons (Fsp3) is 0.217. The van der Waals surface area contributed by atoms with Gasteiger partial charge in [0.25, 0.3) is 0 Å². The molecule has 2 aromatic heterocycles. The van der Waals surface area contributed by atoms with Crippen LogP contribution in [-0.4, -0.2) is 47.5 Å². The molecule has 0 radical (unpaired) electrons. The van der Waals surface area contributed by atoms with Crippen LogP contribution in [0.25, 0.3) is 16.9 Å². The first-order valence-corrected chi connectivity index (χ1v) is 13.0. The quantitative estimate of drug-likeness (QED) is 0.290. The maximum absolute atomic E-state index is 13.6. The van der Waals surface area contributed by atoms with Crippen molar-refractivity contribution in [3.63, 3.8) is 0 Å². The lowest BCUT2D eigenvalue weighted by molar-refractivity contribution is 0.464. The molecule has 178 valence electrons. The fourth-order valence-electron chi connectivity index (χ4n) is 3.53. The van der Waals surface area contributed by atoms with Crippen LogP contribution in [0.15, 0.2) is 64.1 Å². The monoisotopic (exact) mass is 565 g/mol. The maximum atomic E-state index is 13.6. The number of hydrogen-bond donors (Lipinski definition) is 1. The van der Waals surface area contributed by atoms with Gasteiger partial charge in [-0.25, -0.2) is 22.1 Å². The van der Waals surface area contributed by atoms with Crippen molar-refractivity contribution in [1.29, 1.82) is 0 Å². The van der Waals surface area contributed by atoms with E-state index in [1.165, 1.54) is 23.5 Å². The molecule has 0 bridgehead atoms. The van der Waals surface area contributed by atoms with Crippen LogP contribution >= 0.6 is 27.5 Å². The number of aromatic nitrogens is 3. The molecule has 0 fully saturated rings. The van der Waals surface area contributed by atoms with Gasteiger partial charge in [-0.2, -0.15) is 9.61 Å². The van der Waals surface area contributed by atoms with E-state index < -0.39 is 15.8 Å². The third kappa shape index (κ3) is 4.95. The molecule has 0 aliphatic heterocycles. The van der Waals surface area contributed by atoms with E-state index in [0.717, 1.165) is 16.1 Å². The first-order valence-electron chi connectivity index (χ1n) is 10.4. The Hall–Kier alpha value is -2.53. The highest BCUT2D eigenvalue weighted by atomic mass is 79.9. The highest BCUT2D eigenvalue weighted by Gasteiger charge is 2.23. The summed E-state index contributed by atoms with van der Waals surface area (Å²) < 4.78 is 43.0. The molecule has 0 atom stereocenters. The van der Waals surface area contributed by atoms with E-state index in [1.54, 1.807) is 23.7 Å². The molecule has 34 heavy (non-hydrogen) atoms. The lowest BCUT2D eigenvalue weighted by Crippen LogP contribution is -2.29. The summed E-state index contributed by atoms with van der Waals surface area (Å²) in [4.78, 5) is 4.65. The molecule has 0 spiro atoms. The van der Waals surface area contributed by atoms with Gasteiger partial charge in [-0.1, -0.05) is 35.9 Å². The number of rotatable bonds is 8. The predicted octanol–water partition coefficient (Wildman–Crippen LogP) is 5.38. The normalized spacial score (nSPS) is 11.9. The first-order chi connectivity index (χ1) is 16.2. The largest absolute Gasteiger partial charge is 0.370 e. The Morgan fingerprint density at radius 1 is 1.21 bits per heavy atom. The highest BCUT2D eigenvalue weighted by Crippen LogP contribution is 2.30. The summed E-state index contributed by atoms with van der Waals surface area (Å²) in [6, 6.07) is 13.1. The van der Waals surface area contributed by atoms with Gasteiger partial charge in [-0.05, 0) is 53.0 Å². The molecular weight excluding hydrogens is 545 g/mol. The number of nitrogens with zero attached hydrogens (tertiary/aromatic N) is 4. The molecule has 11 heteroatoms. The Morgan fingerprint density at radius 3 is 2.74 bits per heavy atom. The van der Waals surface area contributed by atoms with Crippen molar-refractivity contribution in [3.05, 3.63) is 75.6 Å². The summed E-state index contributed by atoms with van der Waals surface area (Å²) in [7, 11) is -2.31. The molecule has 2 aromatic carbocycles. The van der Waals surface area contributed by atoms with Gasteiger partial charge in [0.2, 0.25) is 10.0 Å². The second-order valence-electron chi connectivity index (χ2n) is 7.75. The smallest absolute Gasteiger partial charge is 0.243 e. The summed E-state index contributed by atoms with van der Waals surface area (Å²) in [5.74, 6) is 0.109. The van der Waals surface area contributed by atoms with Gasteiger partial charge in [0.15, 0.2) is 5.65 Å². The lowest BCUT2D eigenvalue weighted by Gasteiger charge is -2.19. The molecule has 4 rings (SSSR count). The van der Waals surface area contributed by atoms with E-state index in [-0.39, 0.29) is 11.4 Å². The maximum Gasteiger partial charge on any atom is 0.243 e. The van der Waals surface area contributed by atoms with Gasteiger partial charge in [0.05, 0.1) is 21.3 Å². The summed E-state index contributed by atoms with van der Waals surface area (Å²) in [5.41, 5.74) is 2.60. The van der Waals surface area contributed by atoms with Crippen molar-refractivity contribution >= 4 is 49.0 Å². The van der Waals surface area contributed by atoms with E-state index >= 15 is 0 Å². The van der Waals surface area contributed by atoms with Crippen molar-refractivity contribution in [3.8, 4) is 11.3 Å². The number of benzene rings is 2. The van der Waals surface area contributed by atoms with Crippen molar-refractivity contribution < 1.29 is 12.8 Å². The topological polar surface area (TPSA) is 79.6 Å². The lowest BCUT2D eigenvalue weighted by atomic mass is 10.1. The van der Waals surface area contributed by atoms with Crippen LogP contribution < -0.4 is 5.32 Å². The highest BCUT2D eigenvalue weighted by molar-refractivity contribution is 9.10. The zero-order valence-electron chi connectivity index (χ0n) is 18.5. The number of anilines is 1. The third-order valence-electron chi connectivity index (χ3n) is 5.37. The predicted molar refractivity (Wildman–Crippen MR) is 135 cm³/mol. The average Bonchev–Trinajstić information content (AvgIpc) is 3.19. The van der Waals surface area contributed by atoms with E-state index in [1.807, 2.05) is 24.3 Å². The number of hydrogen-bond acceptors (Lipinski definition) is 5. The van der Waals surface area contributed by atoms with E-state index in [0.29, 0.717) is 40.7 Å². The molecule has 0 amide bonds. The van der Waals surface area contributed by atoms with E-state index in [4.69, 9.17) is 11.6 Å². The first kappa shape index (κ1) is 24.6. The van der Waals surface area contributed by atoms with Gasteiger partial charge in [-0.3, -0.25) is 0 Å². The third-order valence-corrected chi connectivity index (χ3v) is 8.26. The summed E-state index contributed by atoms with van der Waals surface area (Å²) in [6.07, 6.45) is 2.17. The van der Waals surface area contributed by atoms with Gasteiger partial charge < -0.3 is 5.32 Å². The Kier molecular flexibility index (Phi) is 7.22. The van der Waals surface area contributed by atoms with Crippen LogP contribution in [0.3, 0.4) is 0 Å². The van der Waals surface area contributed by atoms with Crippen LogP contribution in [0.1, 0.15) is 12.0 Å². The zero-order valence-corrected chi connectivity index (χ0v) is 21.6. The van der Waals surface area contributed by atoms with Crippen LogP contribution in [0.5, 0.6) is 0 Å². The van der Waals surface area contributed by atoms with Crippen molar-refractivity contribution in [1.82, 2.24) is 18.9 Å². The van der Waals surface area contributed by atoms with Crippen molar-refractivity contribution in [2.24, 2.45) is 0 Å². The van der Waals surface area contributed by atoms with E-state index in [2.05, 4.69) is 31.3 Å². The molecule has 4 aromatic rings. The van der Waals surface area contributed by atoms with Crippen LogP contribution in [-0.2, 0) is 10.0 Å². The molecular formula is C23H22BrClFN5O2S. The molecule has 0 saturated carbocycles. The van der Waals surface area contributed by atoms with Gasteiger partial charge >= 0.3 is 0 Å². The number of fused-ring (bicyclic) bond motifs is 1. The van der Waals surface area contributed by atoms with Gasteiger partial charge in [0, 0.05) is 36.8 Å². The minimum Gasteiger partial charge on any atom is -0.370 e. The number of sulfonamides is 1. The van der Waals surface area contributed by atoms with Crippen molar-refractivity contribution in [2.75, 3.05) is 25.5 Å². The molecule has 0 unspecified atom stereocenters. The summed E-state index contributed by atoms with van der Waals surface area (Å²) in [6.45, 7) is 2.37. The minimum absolute atomic E-state index is 0.0235. The van der Waals surface area contributed by atoms with Gasteiger partial charge in [-0.15, -0.1) is 0 Å². The summed E-state index contributed by atoms with van der Waals surface area (Å²) in [5, 5.41) is 8.25. The van der Waals surface area contributed by atoms with Crippen LogP contribution in [0.2, 0.25) is 5.02 Å². The van der Waals surface area contributed by atoms with Crippen molar-refractivity contribution in [2.45, 2.75) is 18.2 Å². The van der Waals surface area contributed by atoms with Crippen LogP contribution in [0.4, 0.5) is 10.2 Å². The molecule has 0 aliphatic rings. The molecule has 1 N–H and O–H groups in total. The molecule has 0 saturated heterocycles. The Morgan fingerprint density at radius 2 is 1.97 bits per heavy atom. The molecule has 0 aliphatic carbocycles. The fourth-order valence-corrected chi connectivity index (χ4v) is 5.55. The number of halogens is 3. The van der Waals surface area contributed by atoms with Gasteiger partial charge in [0.1, 0.15) is 11.6 Å². The second-order valence-corrected chi connectivity index (χ2v) is 11.0.